The van der Waals surface area contributed by atoms with Gasteiger partial charge in [0, 0.05) is 45.2 Å². The lowest BCUT2D eigenvalue weighted by atomic mass is 10.1. The molecule has 0 N–H and O–H groups in total. The number of ether oxygens (including phenoxy) is 1. The van der Waals surface area contributed by atoms with Crippen molar-refractivity contribution in [3.05, 3.63) is 71.0 Å². The summed E-state index contributed by atoms with van der Waals surface area (Å²) in [7, 11) is 0. The number of carbonyl (C=O) groups is 1. The first kappa shape index (κ1) is 17.7. The Morgan fingerprint density at radius 2 is 1.85 bits per heavy atom. The van der Waals surface area contributed by atoms with E-state index < -0.39 is 0 Å². The van der Waals surface area contributed by atoms with Gasteiger partial charge in [0.15, 0.2) is 0 Å². The molecule has 1 amide bonds. The van der Waals surface area contributed by atoms with Crippen LogP contribution in [-0.4, -0.2) is 48.5 Å². The number of fused-ring (bicyclic) bond motifs is 1. The van der Waals surface area contributed by atoms with E-state index in [4.69, 9.17) is 4.74 Å². The van der Waals surface area contributed by atoms with E-state index in [9.17, 15) is 9.18 Å². The number of carbonyl (C=O) groups excluding carboxylic acids is 1. The number of hydrogen-bond acceptors (Lipinski definition) is 3. The fourth-order valence-electron chi connectivity index (χ4n) is 3.57. The van der Waals surface area contributed by atoms with Crippen molar-refractivity contribution in [2.75, 3.05) is 32.8 Å². The van der Waals surface area contributed by atoms with Crippen LogP contribution in [0.3, 0.4) is 0 Å². The molecule has 0 unspecified atom stereocenters. The van der Waals surface area contributed by atoms with Crippen molar-refractivity contribution in [1.29, 1.82) is 0 Å². The molecule has 5 heteroatoms. The third kappa shape index (κ3) is 4.37. The van der Waals surface area contributed by atoms with Gasteiger partial charge in [0.05, 0.1) is 6.61 Å². The van der Waals surface area contributed by atoms with Crippen LogP contribution in [0.5, 0.6) is 5.75 Å². The van der Waals surface area contributed by atoms with Gasteiger partial charge >= 0.3 is 0 Å². The Labute approximate surface area is 158 Å². The van der Waals surface area contributed by atoms with Gasteiger partial charge in [0.25, 0.3) is 0 Å². The molecule has 0 aliphatic carbocycles. The Balaban J connectivity index is 1.28. The van der Waals surface area contributed by atoms with Crippen LogP contribution < -0.4 is 4.74 Å². The van der Waals surface area contributed by atoms with E-state index in [0.717, 1.165) is 57.1 Å². The normalized spacial score (nSPS) is 17.1. The molecule has 2 aliphatic heterocycles. The summed E-state index contributed by atoms with van der Waals surface area (Å²) in [4.78, 5) is 16.6. The molecule has 0 aromatic heterocycles. The zero-order valence-electron chi connectivity index (χ0n) is 15.2. The summed E-state index contributed by atoms with van der Waals surface area (Å²) in [5.74, 6) is 0.751. The maximum Gasteiger partial charge on any atom is 0.246 e. The molecule has 1 fully saturated rings. The Bertz CT molecular complexity index is 840. The lowest BCUT2D eigenvalue weighted by molar-refractivity contribution is -0.127. The number of rotatable bonds is 4. The molecule has 4 nitrogen and oxygen atoms in total. The van der Waals surface area contributed by atoms with E-state index in [1.165, 1.54) is 23.3 Å². The minimum Gasteiger partial charge on any atom is -0.493 e. The molecule has 2 aromatic rings. The van der Waals surface area contributed by atoms with Gasteiger partial charge in [0.1, 0.15) is 11.6 Å². The zero-order valence-corrected chi connectivity index (χ0v) is 15.2. The summed E-state index contributed by atoms with van der Waals surface area (Å²) in [5.41, 5.74) is 3.42. The second-order valence-corrected chi connectivity index (χ2v) is 7.03. The third-order valence-electron chi connectivity index (χ3n) is 5.13. The highest BCUT2D eigenvalue weighted by Crippen LogP contribution is 2.26. The standard InChI is InChI=1S/C22H23FN2O2/c23-20-5-1-17(2-6-20)4-8-22(26)25-12-10-24(11-13-25)16-18-3-7-21-19(15-18)9-14-27-21/h1-8,15H,9-14,16H2/b8-4+. The molecule has 2 aromatic carbocycles. The van der Waals surface area contributed by atoms with E-state index in [-0.39, 0.29) is 11.7 Å². The first-order valence-electron chi connectivity index (χ1n) is 9.37. The van der Waals surface area contributed by atoms with Crippen molar-refractivity contribution >= 4 is 12.0 Å². The topological polar surface area (TPSA) is 32.8 Å². The summed E-state index contributed by atoms with van der Waals surface area (Å²) < 4.78 is 18.5. The Hall–Kier alpha value is -2.66. The highest BCUT2D eigenvalue weighted by molar-refractivity contribution is 5.91. The van der Waals surface area contributed by atoms with Gasteiger partial charge in [-0.3, -0.25) is 9.69 Å². The highest BCUT2D eigenvalue weighted by atomic mass is 19.1. The zero-order chi connectivity index (χ0) is 18.6. The Morgan fingerprint density at radius 3 is 2.63 bits per heavy atom. The van der Waals surface area contributed by atoms with Crippen LogP contribution in [0, 0.1) is 5.82 Å². The van der Waals surface area contributed by atoms with Gasteiger partial charge < -0.3 is 9.64 Å². The molecule has 0 atom stereocenters. The smallest absolute Gasteiger partial charge is 0.246 e. The molecule has 27 heavy (non-hydrogen) atoms. The van der Waals surface area contributed by atoms with E-state index in [2.05, 4.69) is 23.1 Å². The molecular weight excluding hydrogens is 343 g/mol. The molecular formula is C22H23FN2O2. The third-order valence-corrected chi connectivity index (χ3v) is 5.13. The molecule has 2 heterocycles. The Kier molecular flexibility index (Phi) is 5.21. The van der Waals surface area contributed by atoms with Gasteiger partial charge in [-0.2, -0.15) is 0 Å². The number of hydrogen-bond donors (Lipinski definition) is 0. The largest absolute Gasteiger partial charge is 0.493 e. The van der Waals surface area contributed by atoms with Crippen LogP contribution in [0.2, 0.25) is 0 Å². The number of amides is 1. The van der Waals surface area contributed by atoms with Crippen LogP contribution in [0.4, 0.5) is 4.39 Å². The van der Waals surface area contributed by atoms with Crippen molar-refractivity contribution in [2.24, 2.45) is 0 Å². The van der Waals surface area contributed by atoms with Crippen LogP contribution >= 0.6 is 0 Å². The average Bonchev–Trinajstić information content (AvgIpc) is 3.16. The fourth-order valence-corrected chi connectivity index (χ4v) is 3.57. The molecule has 140 valence electrons. The van der Waals surface area contributed by atoms with Gasteiger partial charge in [-0.25, -0.2) is 4.39 Å². The highest BCUT2D eigenvalue weighted by Gasteiger charge is 2.20. The minimum absolute atomic E-state index is 0.00801. The maximum absolute atomic E-state index is 12.9. The van der Waals surface area contributed by atoms with E-state index in [1.807, 2.05) is 4.90 Å². The van der Waals surface area contributed by atoms with Gasteiger partial charge in [0.2, 0.25) is 5.91 Å². The number of benzene rings is 2. The van der Waals surface area contributed by atoms with Crippen LogP contribution in [-0.2, 0) is 17.8 Å². The van der Waals surface area contributed by atoms with Crippen molar-refractivity contribution in [2.45, 2.75) is 13.0 Å². The van der Waals surface area contributed by atoms with Gasteiger partial charge in [-0.15, -0.1) is 0 Å². The first-order valence-corrected chi connectivity index (χ1v) is 9.37. The SMILES string of the molecule is O=C(/C=C/c1ccc(F)cc1)N1CCN(Cc2ccc3c(c2)CCO3)CC1. The molecule has 1 saturated heterocycles. The van der Waals surface area contributed by atoms with E-state index in [0.29, 0.717) is 0 Å². The molecule has 0 saturated carbocycles. The van der Waals surface area contributed by atoms with Gasteiger partial charge in [-0.05, 0) is 41.0 Å². The fraction of sp³-hybridized carbons (Fsp3) is 0.318. The van der Waals surface area contributed by atoms with Crippen molar-refractivity contribution < 1.29 is 13.9 Å². The van der Waals surface area contributed by atoms with Crippen LogP contribution in [0.25, 0.3) is 6.08 Å². The molecule has 2 aliphatic rings. The maximum atomic E-state index is 12.9. The van der Waals surface area contributed by atoms with Crippen molar-refractivity contribution in [3.63, 3.8) is 0 Å². The molecule has 4 rings (SSSR count). The van der Waals surface area contributed by atoms with E-state index in [1.54, 1.807) is 24.3 Å². The monoisotopic (exact) mass is 366 g/mol. The van der Waals surface area contributed by atoms with Crippen molar-refractivity contribution in [3.8, 4) is 5.75 Å². The average molecular weight is 366 g/mol. The first-order chi connectivity index (χ1) is 13.2. The lowest BCUT2D eigenvalue weighted by Crippen LogP contribution is -2.47. The molecule has 0 bridgehead atoms. The van der Waals surface area contributed by atoms with E-state index >= 15 is 0 Å². The molecule has 0 spiro atoms. The Morgan fingerprint density at radius 1 is 1.07 bits per heavy atom. The lowest BCUT2D eigenvalue weighted by Gasteiger charge is -2.34. The number of halogens is 1. The summed E-state index contributed by atoms with van der Waals surface area (Å²) in [6.45, 7) is 4.86. The van der Waals surface area contributed by atoms with Crippen LogP contribution in [0.15, 0.2) is 48.5 Å². The van der Waals surface area contributed by atoms with Crippen LogP contribution in [0.1, 0.15) is 16.7 Å². The predicted molar refractivity (Wildman–Crippen MR) is 103 cm³/mol. The predicted octanol–water partition coefficient (Wildman–Crippen LogP) is 3.12. The second-order valence-electron chi connectivity index (χ2n) is 7.03. The summed E-state index contributed by atoms with van der Waals surface area (Å²) >= 11 is 0. The number of nitrogens with zero attached hydrogens (tertiary/aromatic N) is 2. The number of piperazine rings is 1. The summed E-state index contributed by atoms with van der Waals surface area (Å²) in [5, 5.41) is 0. The minimum atomic E-state index is -0.273. The quantitative estimate of drug-likeness (QED) is 0.780. The summed E-state index contributed by atoms with van der Waals surface area (Å²) in [6, 6.07) is 12.6. The molecule has 0 radical (unpaired) electrons. The van der Waals surface area contributed by atoms with Gasteiger partial charge in [-0.1, -0.05) is 24.3 Å². The van der Waals surface area contributed by atoms with Crippen molar-refractivity contribution in [1.82, 2.24) is 9.80 Å². The second kappa shape index (κ2) is 7.92. The summed E-state index contributed by atoms with van der Waals surface area (Å²) in [6.07, 6.45) is 4.30.